The van der Waals surface area contributed by atoms with Crippen LogP contribution in [-0.4, -0.2) is 46.9 Å². The van der Waals surface area contributed by atoms with Gasteiger partial charge >= 0.3 is 0 Å². The zero-order valence-corrected chi connectivity index (χ0v) is 17.3. The number of halogens is 1. The molecule has 1 atom stereocenters. The number of carbonyl (C=O) groups excluding carboxylic acids is 2. The molecule has 2 aliphatic rings. The van der Waals surface area contributed by atoms with Crippen molar-refractivity contribution < 1.29 is 14.0 Å². The molecule has 4 rings (SSSR count). The first-order chi connectivity index (χ1) is 14.6. The summed E-state index contributed by atoms with van der Waals surface area (Å²) in [4.78, 5) is 26.5. The SMILES string of the molecule is O=C(CSc1ccc(N2CCCC(C(=O)NC3CC3)C2)nn1)Nc1ccccc1F. The number of thioether (sulfide) groups is 1. The van der Waals surface area contributed by atoms with Crippen LogP contribution in [0.15, 0.2) is 41.4 Å². The van der Waals surface area contributed by atoms with Gasteiger partial charge in [-0.15, -0.1) is 10.2 Å². The Morgan fingerprint density at radius 2 is 1.97 bits per heavy atom. The summed E-state index contributed by atoms with van der Waals surface area (Å²) >= 11 is 1.24. The van der Waals surface area contributed by atoms with E-state index < -0.39 is 5.82 Å². The first-order valence-corrected chi connectivity index (χ1v) is 11.1. The lowest BCUT2D eigenvalue weighted by Gasteiger charge is -2.32. The predicted octanol–water partition coefficient (Wildman–Crippen LogP) is 2.84. The molecule has 2 heterocycles. The van der Waals surface area contributed by atoms with Gasteiger partial charge in [0, 0.05) is 19.1 Å². The molecule has 7 nitrogen and oxygen atoms in total. The average Bonchev–Trinajstić information content (AvgIpc) is 3.58. The van der Waals surface area contributed by atoms with Crippen molar-refractivity contribution in [1.82, 2.24) is 15.5 Å². The third-order valence-electron chi connectivity index (χ3n) is 5.16. The van der Waals surface area contributed by atoms with Gasteiger partial charge in [0.25, 0.3) is 0 Å². The van der Waals surface area contributed by atoms with Crippen LogP contribution in [0.25, 0.3) is 0 Å². The molecule has 158 valence electrons. The molecule has 9 heteroatoms. The molecule has 2 aromatic rings. The van der Waals surface area contributed by atoms with Crippen molar-refractivity contribution in [1.29, 1.82) is 0 Å². The van der Waals surface area contributed by atoms with E-state index in [1.165, 1.54) is 23.9 Å². The van der Waals surface area contributed by atoms with Crippen LogP contribution in [0.3, 0.4) is 0 Å². The lowest BCUT2D eigenvalue weighted by molar-refractivity contribution is -0.125. The predicted molar refractivity (Wildman–Crippen MR) is 114 cm³/mol. The second-order valence-corrected chi connectivity index (χ2v) is 8.61. The van der Waals surface area contributed by atoms with Crippen LogP contribution in [0.2, 0.25) is 0 Å². The van der Waals surface area contributed by atoms with Gasteiger partial charge in [0.15, 0.2) is 5.82 Å². The van der Waals surface area contributed by atoms with E-state index in [1.807, 2.05) is 12.1 Å². The van der Waals surface area contributed by atoms with Crippen molar-refractivity contribution in [2.75, 3.05) is 29.1 Å². The Hall–Kier alpha value is -2.68. The monoisotopic (exact) mass is 429 g/mol. The zero-order chi connectivity index (χ0) is 20.9. The van der Waals surface area contributed by atoms with Crippen molar-refractivity contribution in [3.63, 3.8) is 0 Å². The fourth-order valence-electron chi connectivity index (χ4n) is 3.39. The van der Waals surface area contributed by atoms with Gasteiger partial charge in [-0.2, -0.15) is 0 Å². The maximum absolute atomic E-state index is 13.6. The Morgan fingerprint density at radius 3 is 2.70 bits per heavy atom. The molecule has 0 spiro atoms. The van der Waals surface area contributed by atoms with E-state index in [4.69, 9.17) is 0 Å². The third-order valence-corrected chi connectivity index (χ3v) is 6.09. The van der Waals surface area contributed by atoms with Gasteiger partial charge in [0.1, 0.15) is 10.8 Å². The van der Waals surface area contributed by atoms with E-state index >= 15 is 0 Å². The Morgan fingerprint density at radius 1 is 1.13 bits per heavy atom. The number of nitrogens with zero attached hydrogens (tertiary/aromatic N) is 3. The van der Waals surface area contributed by atoms with Crippen LogP contribution in [0, 0.1) is 11.7 Å². The van der Waals surface area contributed by atoms with Crippen LogP contribution in [0.5, 0.6) is 0 Å². The zero-order valence-electron chi connectivity index (χ0n) is 16.5. The van der Waals surface area contributed by atoms with Gasteiger partial charge in [-0.05, 0) is 49.9 Å². The Bertz CT molecular complexity index is 907. The van der Waals surface area contributed by atoms with Crippen molar-refractivity contribution >= 4 is 35.1 Å². The van der Waals surface area contributed by atoms with Gasteiger partial charge < -0.3 is 15.5 Å². The number of nitrogens with one attached hydrogen (secondary N) is 2. The number of aromatic nitrogens is 2. The lowest BCUT2D eigenvalue weighted by Crippen LogP contribution is -2.44. The normalized spacial score (nSPS) is 18.7. The molecule has 1 saturated heterocycles. The average molecular weight is 430 g/mol. The molecule has 2 N–H and O–H groups in total. The van der Waals surface area contributed by atoms with E-state index in [0.717, 1.165) is 38.0 Å². The molecule has 30 heavy (non-hydrogen) atoms. The maximum atomic E-state index is 13.6. The molecular weight excluding hydrogens is 405 g/mol. The van der Waals surface area contributed by atoms with Gasteiger partial charge in [-0.1, -0.05) is 23.9 Å². The standard InChI is InChI=1S/C21H24FN5O2S/c22-16-5-1-2-6-17(16)24-19(28)13-30-20-10-9-18(25-26-20)27-11-3-4-14(12-27)21(29)23-15-7-8-15/h1-2,5-6,9-10,14-15H,3-4,7-8,11-13H2,(H,23,29)(H,24,28). The first kappa shape index (κ1) is 20.6. The lowest BCUT2D eigenvalue weighted by atomic mass is 9.97. The van der Waals surface area contributed by atoms with Crippen molar-refractivity contribution in [3.8, 4) is 0 Å². The number of piperidine rings is 1. The number of hydrogen-bond acceptors (Lipinski definition) is 6. The van der Waals surface area contributed by atoms with E-state index in [1.54, 1.807) is 12.1 Å². The summed E-state index contributed by atoms with van der Waals surface area (Å²) in [5.74, 6) is 0.192. The number of para-hydroxylation sites is 1. The second-order valence-electron chi connectivity index (χ2n) is 7.61. The fraction of sp³-hybridized carbons (Fsp3) is 0.429. The third kappa shape index (κ3) is 5.47. The molecular formula is C21H24FN5O2S. The molecule has 0 radical (unpaired) electrons. The topological polar surface area (TPSA) is 87.2 Å². The van der Waals surface area contributed by atoms with Crippen LogP contribution >= 0.6 is 11.8 Å². The van der Waals surface area contributed by atoms with Gasteiger partial charge in [-0.3, -0.25) is 9.59 Å². The minimum Gasteiger partial charge on any atom is -0.354 e. The summed E-state index contributed by atoms with van der Waals surface area (Å²) in [5.41, 5.74) is 0.162. The molecule has 0 bridgehead atoms. The quantitative estimate of drug-likeness (QED) is 0.658. The highest BCUT2D eigenvalue weighted by atomic mass is 32.2. The Labute approximate surface area is 178 Å². The van der Waals surface area contributed by atoms with E-state index in [2.05, 4.69) is 25.7 Å². The highest BCUT2D eigenvalue weighted by molar-refractivity contribution is 7.99. The molecule has 2 fully saturated rings. The first-order valence-electron chi connectivity index (χ1n) is 10.1. The number of anilines is 2. The number of hydrogen-bond donors (Lipinski definition) is 2. The minimum absolute atomic E-state index is 0.0164. The summed E-state index contributed by atoms with van der Waals surface area (Å²) in [7, 11) is 0. The minimum atomic E-state index is -0.467. The largest absolute Gasteiger partial charge is 0.354 e. The van der Waals surface area contributed by atoms with Crippen LogP contribution in [0.4, 0.5) is 15.9 Å². The summed E-state index contributed by atoms with van der Waals surface area (Å²) < 4.78 is 13.6. The van der Waals surface area contributed by atoms with Gasteiger partial charge in [0.05, 0.1) is 17.4 Å². The summed E-state index contributed by atoms with van der Waals surface area (Å²) in [5, 5.41) is 14.7. The molecule has 1 aliphatic carbocycles. The molecule has 1 aromatic heterocycles. The van der Waals surface area contributed by atoms with Crippen molar-refractivity contribution in [3.05, 3.63) is 42.2 Å². The molecule has 1 aromatic carbocycles. The molecule has 2 amide bonds. The summed E-state index contributed by atoms with van der Waals surface area (Å²) in [6.07, 6.45) is 4.01. The highest BCUT2D eigenvalue weighted by Crippen LogP contribution is 2.25. The number of rotatable bonds is 7. The van der Waals surface area contributed by atoms with E-state index in [9.17, 15) is 14.0 Å². The Kier molecular flexibility index (Phi) is 6.47. The smallest absolute Gasteiger partial charge is 0.234 e. The van der Waals surface area contributed by atoms with E-state index in [-0.39, 0.29) is 29.2 Å². The number of amides is 2. The Balaban J connectivity index is 1.27. The van der Waals surface area contributed by atoms with Gasteiger partial charge in [0.2, 0.25) is 11.8 Å². The van der Waals surface area contributed by atoms with Crippen LogP contribution in [0.1, 0.15) is 25.7 Å². The maximum Gasteiger partial charge on any atom is 0.234 e. The van der Waals surface area contributed by atoms with Crippen molar-refractivity contribution in [2.45, 2.75) is 36.8 Å². The summed E-state index contributed by atoms with van der Waals surface area (Å²) in [6.45, 7) is 1.49. The van der Waals surface area contributed by atoms with Crippen LogP contribution < -0.4 is 15.5 Å². The number of benzene rings is 1. The van der Waals surface area contributed by atoms with Crippen molar-refractivity contribution in [2.24, 2.45) is 5.92 Å². The second kappa shape index (κ2) is 9.42. The molecule has 1 unspecified atom stereocenters. The molecule has 1 aliphatic heterocycles. The fourth-order valence-corrected chi connectivity index (χ4v) is 4.01. The summed E-state index contributed by atoms with van der Waals surface area (Å²) in [6, 6.07) is 10.1. The number of carbonyl (C=O) groups is 2. The van der Waals surface area contributed by atoms with Crippen LogP contribution in [-0.2, 0) is 9.59 Å². The molecule has 1 saturated carbocycles. The highest BCUT2D eigenvalue weighted by Gasteiger charge is 2.30. The van der Waals surface area contributed by atoms with Gasteiger partial charge in [-0.25, -0.2) is 4.39 Å². The van der Waals surface area contributed by atoms with E-state index in [0.29, 0.717) is 17.6 Å².